The molecule has 1 aromatic heterocycles. The van der Waals surface area contributed by atoms with E-state index in [-0.39, 0.29) is 12.0 Å². The van der Waals surface area contributed by atoms with Gasteiger partial charge in [0, 0.05) is 17.0 Å². The van der Waals surface area contributed by atoms with Gasteiger partial charge in [-0.1, -0.05) is 6.07 Å². The minimum absolute atomic E-state index is 0.0401. The zero-order valence-electron chi connectivity index (χ0n) is 18.7. The first-order chi connectivity index (χ1) is 15.4. The summed E-state index contributed by atoms with van der Waals surface area (Å²) in [5.74, 6) is 2.26. The number of carbonyl (C=O) groups is 1. The summed E-state index contributed by atoms with van der Waals surface area (Å²) < 4.78 is 21.7. The summed E-state index contributed by atoms with van der Waals surface area (Å²) in [6.07, 6.45) is 3.20. The molecule has 0 atom stereocenters. The standard InChI is InChI=1S/C24H26N2O5S/c1-15(2)31-20-9-6-16(12-21(20)29-4)7-11-23(27)26-24-25-18(14-32-24)17-8-10-19(28-3)22(13-17)30-5/h6-15H,1-5H3,(H,25,26,27)/b11-7+. The topological polar surface area (TPSA) is 78.9 Å². The smallest absolute Gasteiger partial charge is 0.250 e. The molecule has 0 aliphatic heterocycles. The van der Waals surface area contributed by atoms with Gasteiger partial charge in [-0.3, -0.25) is 10.1 Å². The molecule has 168 valence electrons. The monoisotopic (exact) mass is 454 g/mol. The summed E-state index contributed by atoms with van der Waals surface area (Å²) in [5.41, 5.74) is 2.42. The van der Waals surface area contributed by atoms with Crippen LogP contribution >= 0.6 is 11.3 Å². The molecular weight excluding hydrogens is 428 g/mol. The number of nitrogens with zero attached hydrogens (tertiary/aromatic N) is 1. The third kappa shape index (κ3) is 5.79. The Labute approximate surface area is 191 Å². The van der Waals surface area contributed by atoms with Crippen molar-refractivity contribution in [2.45, 2.75) is 20.0 Å². The Hall–Kier alpha value is -3.52. The Kier molecular flexibility index (Phi) is 7.72. The lowest BCUT2D eigenvalue weighted by Gasteiger charge is -2.13. The number of hydrogen-bond donors (Lipinski definition) is 1. The minimum Gasteiger partial charge on any atom is -0.493 e. The molecule has 1 amide bonds. The summed E-state index contributed by atoms with van der Waals surface area (Å²) in [7, 11) is 4.76. The highest BCUT2D eigenvalue weighted by molar-refractivity contribution is 7.14. The first kappa shape index (κ1) is 23.1. The van der Waals surface area contributed by atoms with Gasteiger partial charge in [0.05, 0.1) is 33.1 Å². The van der Waals surface area contributed by atoms with Crippen molar-refractivity contribution in [2.75, 3.05) is 26.6 Å². The molecule has 0 unspecified atom stereocenters. The van der Waals surface area contributed by atoms with Crippen molar-refractivity contribution in [2.24, 2.45) is 0 Å². The summed E-state index contributed by atoms with van der Waals surface area (Å²) in [6, 6.07) is 11.1. The maximum absolute atomic E-state index is 12.4. The SMILES string of the molecule is COc1ccc(-c2csc(NC(=O)/C=C/c3ccc(OC(C)C)c(OC)c3)n2)cc1OC. The van der Waals surface area contributed by atoms with Crippen molar-refractivity contribution in [3.8, 4) is 34.3 Å². The fourth-order valence-corrected chi connectivity index (χ4v) is 3.64. The van der Waals surface area contributed by atoms with Crippen LogP contribution in [0.15, 0.2) is 47.9 Å². The lowest BCUT2D eigenvalue weighted by molar-refractivity contribution is -0.111. The van der Waals surface area contributed by atoms with Crippen LogP contribution < -0.4 is 24.3 Å². The van der Waals surface area contributed by atoms with Crippen LogP contribution in [0.5, 0.6) is 23.0 Å². The molecule has 1 heterocycles. The second-order valence-electron chi connectivity index (χ2n) is 7.01. The van der Waals surface area contributed by atoms with Gasteiger partial charge in [-0.2, -0.15) is 0 Å². The lowest BCUT2D eigenvalue weighted by Crippen LogP contribution is -2.07. The zero-order valence-corrected chi connectivity index (χ0v) is 19.5. The van der Waals surface area contributed by atoms with E-state index in [4.69, 9.17) is 18.9 Å². The van der Waals surface area contributed by atoms with E-state index in [0.29, 0.717) is 28.1 Å². The average Bonchev–Trinajstić information content (AvgIpc) is 3.25. The molecule has 0 saturated heterocycles. The molecule has 7 nitrogen and oxygen atoms in total. The molecule has 2 aromatic carbocycles. The van der Waals surface area contributed by atoms with Gasteiger partial charge in [0.1, 0.15) is 0 Å². The number of ether oxygens (including phenoxy) is 4. The quantitative estimate of drug-likeness (QED) is 0.444. The highest BCUT2D eigenvalue weighted by Gasteiger charge is 2.11. The zero-order chi connectivity index (χ0) is 23.1. The highest BCUT2D eigenvalue weighted by Crippen LogP contribution is 2.33. The van der Waals surface area contributed by atoms with Crippen molar-refractivity contribution < 1.29 is 23.7 Å². The van der Waals surface area contributed by atoms with Gasteiger partial charge in [-0.15, -0.1) is 11.3 Å². The van der Waals surface area contributed by atoms with Crippen LogP contribution in [0.1, 0.15) is 19.4 Å². The van der Waals surface area contributed by atoms with Crippen LogP contribution in [-0.2, 0) is 4.79 Å². The second kappa shape index (κ2) is 10.7. The molecule has 1 N–H and O–H groups in total. The van der Waals surface area contributed by atoms with Crippen LogP contribution in [0.3, 0.4) is 0 Å². The predicted octanol–water partition coefficient (Wildman–Crippen LogP) is 5.28. The average molecular weight is 455 g/mol. The Morgan fingerprint density at radius 2 is 1.66 bits per heavy atom. The Morgan fingerprint density at radius 3 is 2.34 bits per heavy atom. The van der Waals surface area contributed by atoms with Crippen molar-refractivity contribution in [1.29, 1.82) is 0 Å². The molecular formula is C24H26N2O5S. The number of methoxy groups -OCH3 is 3. The molecule has 0 aliphatic rings. The molecule has 0 spiro atoms. The van der Waals surface area contributed by atoms with Gasteiger partial charge >= 0.3 is 0 Å². The Bertz CT molecular complexity index is 1110. The number of amides is 1. The van der Waals surface area contributed by atoms with Gasteiger partial charge < -0.3 is 18.9 Å². The maximum Gasteiger partial charge on any atom is 0.250 e. The molecule has 3 aromatic rings. The first-order valence-electron chi connectivity index (χ1n) is 9.95. The van der Waals surface area contributed by atoms with E-state index in [2.05, 4.69) is 10.3 Å². The fraction of sp³-hybridized carbons (Fsp3) is 0.250. The normalized spacial score (nSPS) is 10.9. The maximum atomic E-state index is 12.4. The minimum atomic E-state index is -0.278. The number of nitrogens with one attached hydrogen (secondary N) is 1. The predicted molar refractivity (Wildman–Crippen MR) is 127 cm³/mol. The summed E-state index contributed by atoms with van der Waals surface area (Å²) in [6.45, 7) is 3.90. The van der Waals surface area contributed by atoms with Crippen LogP contribution in [0.4, 0.5) is 5.13 Å². The lowest BCUT2D eigenvalue weighted by atomic mass is 10.1. The van der Waals surface area contributed by atoms with E-state index < -0.39 is 0 Å². The molecule has 0 radical (unpaired) electrons. The number of carbonyl (C=O) groups excluding carboxylic acids is 1. The van der Waals surface area contributed by atoms with E-state index >= 15 is 0 Å². The van der Waals surface area contributed by atoms with Gasteiger partial charge in [0.15, 0.2) is 28.1 Å². The molecule has 3 rings (SSSR count). The number of anilines is 1. The fourth-order valence-electron chi connectivity index (χ4n) is 2.92. The third-order valence-electron chi connectivity index (χ3n) is 4.39. The molecule has 0 saturated carbocycles. The Morgan fingerprint density at radius 1 is 0.969 bits per heavy atom. The van der Waals surface area contributed by atoms with Crippen molar-refractivity contribution in [3.63, 3.8) is 0 Å². The van der Waals surface area contributed by atoms with Crippen molar-refractivity contribution in [1.82, 2.24) is 4.98 Å². The number of thiazole rings is 1. The summed E-state index contributed by atoms with van der Waals surface area (Å²) in [4.78, 5) is 16.9. The van der Waals surface area contributed by atoms with E-state index in [1.807, 2.05) is 55.6 Å². The number of hydrogen-bond acceptors (Lipinski definition) is 7. The molecule has 0 fully saturated rings. The molecule has 0 aliphatic carbocycles. The summed E-state index contributed by atoms with van der Waals surface area (Å²) in [5, 5.41) is 5.17. The van der Waals surface area contributed by atoms with E-state index in [1.54, 1.807) is 27.4 Å². The largest absolute Gasteiger partial charge is 0.493 e. The van der Waals surface area contributed by atoms with Gasteiger partial charge in [0.2, 0.25) is 5.91 Å². The number of aromatic nitrogens is 1. The first-order valence-corrected chi connectivity index (χ1v) is 10.8. The van der Waals surface area contributed by atoms with E-state index in [9.17, 15) is 4.79 Å². The number of rotatable bonds is 9. The third-order valence-corrected chi connectivity index (χ3v) is 5.15. The van der Waals surface area contributed by atoms with Crippen molar-refractivity contribution >= 4 is 28.5 Å². The van der Waals surface area contributed by atoms with Gasteiger partial charge in [-0.25, -0.2) is 4.98 Å². The van der Waals surface area contributed by atoms with Gasteiger partial charge in [0.25, 0.3) is 0 Å². The summed E-state index contributed by atoms with van der Waals surface area (Å²) >= 11 is 1.35. The molecule has 8 heteroatoms. The van der Waals surface area contributed by atoms with Gasteiger partial charge in [-0.05, 0) is 55.8 Å². The molecule has 32 heavy (non-hydrogen) atoms. The van der Waals surface area contributed by atoms with Crippen LogP contribution in [0.2, 0.25) is 0 Å². The number of benzene rings is 2. The van der Waals surface area contributed by atoms with Crippen LogP contribution in [0.25, 0.3) is 17.3 Å². The van der Waals surface area contributed by atoms with Crippen LogP contribution in [-0.4, -0.2) is 38.3 Å². The van der Waals surface area contributed by atoms with Crippen LogP contribution in [0, 0.1) is 0 Å². The highest BCUT2D eigenvalue weighted by atomic mass is 32.1. The molecule has 0 bridgehead atoms. The van der Waals surface area contributed by atoms with E-state index in [0.717, 1.165) is 16.8 Å². The van der Waals surface area contributed by atoms with Crippen molar-refractivity contribution in [3.05, 3.63) is 53.4 Å². The Balaban J connectivity index is 1.67. The second-order valence-corrected chi connectivity index (χ2v) is 7.87. The van der Waals surface area contributed by atoms with E-state index in [1.165, 1.54) is 17.4 Å².